The van der Waals surface area contributed by atoms with Crippen LogP contribution in [0.5, 0.6) is 0 Å². The highest BCUT2D eigenvalue weighted by Crippen LogP contribution is 2.52. The molecule has 1 saturated heterocycles. The first-order valence-electron chi connectivity index (χ1n) is 5.33. The minimum absolute atomic E-state index is 0.00231. The third-order valence-electron chi connectivity index (χ3n) is 3.87. The second-order valence-electron chi connectivity index (χ2n) is 4.52. The maximum Gasteiger partial charge on any atom is 0.233 e. The maximum absolute atomic E-state index is 12.0. The molecule has 1 saturated carbocycles. The fraction of sp³-hybridized carbons (Fsp3) is 0.636. The highest BCUT2D eigenvalue weighted by molar-refractivity contribution is 6.18. The van der Waals surface area contributed by atoms with Crippen LogP contribution in [0.1, 0.15) is 6.42 Å². The topological polar surface area (TPSA) is 37.4 Å². The van der Waals surface area contributed by atoms with Gasteiger partial charge in [-0.2, -0.15) is 0 Å². The van der Waals surface area contributed by atoms with Crippen molar-refractivity contribution < 1.29 is 9.59 Å². The van der Waals surface area contributed by atoms with Crippen LogP contribution in [0.2, 0.25) is 0 Å². The third-order valence-corrected chi connectivity index (χ3v) is 4.04. The van der Waals surface area contributed by atoms with Crippen molar-refractivity contribution in [2.24, 2.45) is 23.7 Å². The van der Waals surface area contributed by atoms with Crippen molar-refractivity contribution in [2.45, 2.75) is 6.42 Å². The zero-order valence-electron chi connectivity index (χ0n) is 8.23. The number of rotatable bonds is 2. The minimum atomic E-state index is -0.0734. The monoisotopic (exact) mass is 225 g/mol. The van der Waals surface area contributed by atoms with Gasteiger partial charge in [-0.3, -0.25) is 14.5 Å². The summed E-state index contributed by atoms with van der Waals surface area (Å²) < 4.78 is 0. The summed E-state index contributed by atoms with van der Waals surface area (Å²) in [5.41, 5.74) is 0. The van der Waals surface area contributed by atoms with Crippen LogP contribution in [0.3, 0.4) is 0 Å². The Balaban J connectivity index is 1.93. The highest BCUT2D eigenvalue weighted by atomic mass is 35.5. The number of hydrogen-bond acceptors (Lipinski definition) is 2. The predicted molar refractivity (Wildman–Crippen MR) is 55.2 cm³/mol. The lowest BCUT2D eigenvalue weighted by atomic mass is 9.85. The van der Waals surface area contributed by atoms with Gasteiger partial charge >= 0.3 is 0 Å². The van der Waals surface area contributed by atoms with E-state index in [1.54, 1.807) is 0 Å². The molecule has 3 nitrogen and oxygen atoms in total. The zero-order valence-corrected chi connectivity index (χ0v) is 8.98. The van der Waals surface area contributed by atoms with E-state index in [2.05, 4.69) is 12.2 Å². The molecule has 3 rings (SSSR count). The molecule has 80 valence electrons. The van der Waals surface area contributed by atoms with Crippen LogP contribution >= 0.6 is 11.6 Å². The lowest BCUT2D eigenvalue weighted by Crippen LogP contribution is -2.34. The first-order chi connectivity index (χ1) is 7.24. The van der Waals surface area contributed by atoms with E-state index in [0.717, 1.165) is 6.42 Å². The average Bonchev–Trinajstić information content (AvgIpc) is 2.87. The van der Waals surface area contributed by atoms with Gasteiger partial charge in [-0.1, -0.05) is 12.2 Å². The molecule has 2 fully saturated rings. The normalized spacial score (nSPS) is 41.8. The number of amides is 2. The van der Waals surface area contributed by atoms with E-state index in [-0.39, 0.29) is 23.7 Å². The molecule has 0 N–H and O–H groups in total. The SMILES string of the molecule is O=C1[C@@H]2[C@@H](C(=O)N1CCCl)[C@@H]1C=C[C@@H]2C1. The summed E-state index contributed by atoms with van der Waals surface area (Å²) in [6.45, 7) is 0.367. The molecule has 2 amide bonds. The van der Waals surface area contributed by atoms with Gasteiger partial charge < -0.3 is 0 Å². The fourth-order valence-corrected chi connectivity index (χ4v) is 3.44. The standard InChI is InChI=1S/C11H12ClNO2/c12-3-4-13-10(14)8-6-1-2-7(5-6)9(8)11(13)15/h1-2,6-9H,3-5H2/t6-,7-,8+,9+/m1/s1. The molecule has 2 aliphatic carbocycles. The Kier molecular flexibility index (Phi) is 1.93. The van der Waals surface area contributed by atoms with E-state index in [4.69, 9.17) is 11.6 Å². The van der Waals surface area contributed by atoms with Gasteiger partial charge in [0.2, 0.25) is 11.8 Å². The van der Waals surface area contributed by atoms with Gasteiger partial charge in [-0.15, -0.1) is 11.6 Å². The second-order valence-corrected chi connectivity index (χ2v) is 4.89. The lowest BCUT2D eigenvalue weighted by Gasteiger charge is -2.15. The first kappa shape index (κ1) is 9.40. The Morgan fingerprint density at radius 3 is 2.20 bits per heavy atom. The van der Waals surface area contributed by atoms with Crippen LogP contribution in [0.25, 0.3) is 0 Å². The van der Waals surface area contributed by atoms with Crippen LogP contribution in [0, 0.1) is 23.7 Å². The molecule has 0 radical (unpaired) electrons. The number of alkyl halides is 1. The Morgan fingerprint density at radius 2 is 1.73 bits per heavy atom. The molecule has 0 spiro atoms. The molecule has 3 aliphatic rings. The third kappa shape index (κ3) is 1.07. The Morgan fingerprint density at radius 1 is 1.20 bits per heavy atom. The summed E-state index contributed by atoms with van der Waals surface area (Å²) >= 11 is 5.60. The number of likely N-dealkylation sites (tertiary alicyclic amines) is 1. The number of nitrogens with zero attached hydrogens (tertiary/aromatic N) is 1. The molecular weight excluding hydrogens is 214 g/mol. The van der Waals surface area contributed by atoms with Crippen LogP contribution in [-0.2, 0) is 9.59 Å². The number of carbonyl (C=O) groups excluding carboxylic acids is 2. The Labute approximate surface area is 93.1 Å². The van der Waals surface area contributed by atoms with Gasteiger partial charge in [-0.05, 0) is 18.3 Å². The molecule has 15 heavy (non-hydrogen) atoms. The van der Waals surface area contributed by atoms with Crippen LogP contribution in [-0.4, -0.2) is 29.1 Å². The minimum Gasteiger partial charge on any atom is -0.281 e. The number of carbonyl (C=O) groups is 2. The molecule has 4 atom stereocenters. The van der Waals surface area contributed by atoms with Crippen molar-refractivity contribution >= 4 is 23.4 Å². The summed E-state index contributed by atoms with van der Waals surface area (Å²) in [5.74, 6) is 0.796. The van der Waals surface area contributed by atoms with Crippen molar-refractivity contribution in [3.8, 4) is 0 Å². The molecule has 1 heterocycles. The smallest absolute Gasteiger partial charge is 0.233 e. The summed E-state index contributed by atoms with van der Waals surface area (Å²) in [7, 11) is 0. The largest absolute Gasteiger partial charge is 0.281 e. The summed E-state index contributed by atoms with van der Waals surface area (Å²) in [6.07, 6.45) is 5.18. The molecule has 1 aliphatic heterocycles. The van der Waals surface area contributed by atoms with E-state index in [0.29, 0.717) is 24.3 Å². The molecule has 0 aromatic rings. The van der Waals surface area contributed by atoms with Gasteiger partial charge in [0.25, 0.3) is 0 Å². The van der Waals surface area contributed by atoms with Crippen LogP contribution < -0.4 is 0 Å². The van der Waals surface area contributed by atoms with Gasteiger partial charge in [0.1, 0.15) is 0 Å². The van der Waals surface area contributed by atoms with Crippen molar-refractivity contribution in [3.05, 3.63) is 12.2 Å². The van der Waals surface area contributed by atoms with Gasteiger partial charge in [0.15, 0.2) is 0 Å². The zero-order chi connectivity index (χ0) is 10.6. The average molecular weight is 226 g/mol. The lowest BCUT2D eigenvalue weighted by molar-refractivity contribution is -0.140. The van der Waals surface area contributed by atoms with Crippen molar-refractivity contribution in [1.82, 2.24) is 4.90 Å². The van der Waals surface area contributed by atoms with Gasteiger partial charge in [0.05, 0.1) is 11.8 Å². The fourth-order valence-electron chi connectivity index (χ4n) is 3.27. The summed E-state index contributed by atoms with van der Waals surface area (Å²) in [6, 6.07) is 0. The Hall–Kier alpha value is -0.830. The van der Waals surface area contributed by atoms with E-state index in [1.165, 1.54) is 4.90 Å². The summed E-state index contributed by atoms with van der Waals surface area (Å²) in [5, 5.41) is 0. The van der Waals surface area contributed by atoms with Crippen LogP contribution in [0.4, 0.5) is 0 Å². The molecule has 2 bridgehead atoms. The van der Waals surface area contributed by atoms with Gasteiger partial charge in [-0.25, -0.2) is 0 Å². The van der Waals surface area contributed by atoms with Crippen molar-refractivity contribution in [3.63, 3.8) is 0 Å². The quantitative estimate of drug-likeness (QED) is 0.400. The van der Waals surface area contributed by atoms with Gasteiger partial charge in [0, 0.05) is 12.4 Å². The maximum atomic E-state index is 12.0. The number of hydrogen-bond donors (Lipinski definition) is 0. The second kappa shape index (κ2) is 3.08. The number of imide groups is 1. The van der Waals surface area contributed by atoms with E-state index >= 15 is 0 Å². The molecule has 4 heteroatoms. The van der Waals surface area contributed by atoms with Crippen molar-refractivity contribution in [1.29, 1.82) is 0 Å². The first-order valence-corrected chi connectivity index (χ1v) is 5.87. The molecular formula is C11H12ClNO2. The molecule has 0 aromatic heterocycles. The predicted octanol–water partition coefficient (Wildman–Crippen LogP) is 1.03. The van der Waals surface area contributed by atoms with E-state index < -0.39 is 0 Å². The molecule has 0 unspecified atom stereocenters. The van der Waals surface area contributed by atoms with E-state index in [1.807, 2.05) is 0 Å². The Bertz CT molecular complexity index is 336. The number of fused-ring (bicyclic) bond motifs is 5. The number of halogens is 1. The summed E-state index contributed by atoms with van der Waals surface area (Å²) in [4.78, 5) is 25.3. The van der Waals surface area contributed by atoms with Crippen LogP contribution in [0.15, 0.2) is 12.2 Å². The number of allylic oxidation sites excluding steroid dienone is 2. The highest BCUT2D eigenvalue weighted by Gasteiger charge is 2.58. The van der Waals surface area contributed by atoms with E-state index in [9.17, 15) is 9.59 Å². The van der Waals surface area contributed by atoms with Crippen molar-refractivity contribution in [2.75, 3.05) is 12.4 Å². The molecule has 0 aromatic carbocycles.